The molecule has 1 atom stereocenters. The topological polar surface area (TPSA) is 46.2 Å². The second kappa shape index (κ2) is 4.18. The van der Waals surface area contributed by atoms with Crippen LogP contribution in [0.4, 0.5) is 4.39 Å². The third kappa shape index (κ3) is 2.03. The standard InChI is InChI=1S/C9H12FNO/c10-9-3-1-2-7(4-9)8(5-11)6-12/h1-4,8,12H,5-6,11H2/t8-/m0/s1. The number of aliphatic hydroxyl groups is 1. The molecule has 0 aromatic heterocycles. The van der Waals surface area contributed by atoms with Crippen LogP contribution in [0.1, 0.15) is 11.5 Å². The van der Waals surface area contributed by atoms with E-state index in [2.05, 4.69) is 0 Å². The van der Waals surface area contributed by atoms with Crippen molar-refractivity contribution < 1.29 is 9.50 Å². The molecule has 0 amide bonds. The predicted molar refractivity (Wildman–Crippen MR) is 45.3 cm³/mol. The van der Waals surface area contributed by atoms with Gasteiger partial charge in [-0.1, -0.05) is 12.1 Å². The van der Waals surface area contributed by atoms with Crippen LogP contribution in [0.5, 0.6) is 0 Å². The van der Waals surface area contributed by atoms with Gasteiger partial charge in [0.1, 0.15) is 5.82 Å². The van der Waals surface area contributed by atoms with E-state index in [-0.39, 0.29) is 18.3 Å². The van der Waals surface area contributed by atoms with Crippen molar-refractivity contribution in [2.24, 2.45) is 5.73 Å². The van der Waals surface area contributed by atoms with Crippen LogP contribution < -0.4 is 5.73 Å². The Balaban J connectivity index is 2.85. The number of hydrogen-bond donors (Lipinski definition) is 2. The van der Waals surface area contributed by atoms with E-state index in [4.69, 9.17) is 10.8 Å². The Bertz CT molecular complexity index is 248. The van der Waals surface area contributed by atoms with E-state index in [1.165, 1.54) is 12.1 Å². The van der Waals surface area contributed by atoms with Crippen LogP contribution in [0.25, 0.3) is 0 Å². The molecule has 0 aliphatic carbocycles. The Kier molecular flexibility index (Phi) is 3.19. The van der Waals surface area contributed by atoms with Gasteiger partial charge in [-0.05, 0) is 17.7 Å². The van der Waals surface area contributed by atoms with Gasteiger partial charge in [0.15, 0.2) is 0 Å². The first-order chi connectivity index (χ1) is 5.77. The molecule has 0 saturated carbocycles. The van der Waals surface area contributed by atoms with Crippen molar-refractivity contribution in [3.05, 3.63) is 35.6 Å². The molecule has 0 spiro atoms. The molecule has 3 heteroatoms. The molecular weight excluding hydrogens is 157 g/mol. The third-order valence-electron chi connectivity index (χ3n) is 1.82. The summed E-state index contributed by atoms with van der Waals surface area (Å²) >= 11 is 0. The summed E-state index contributed by atoms with van der Waals surface area (Å²) in [6.45, 7) is 0.292. The summed E-state index contributed by atoms with van der Waals surface area (Å²) in [4.78, 5) is 0. The quantitative estimate of drug-likeness (QED) is 0.705. The van der Waals surface area contributed by atoms with E-state index in [0.29, 0.717) is 6.54 Å². The highest BCUT2D eigenvalue weighted by molar-refractivity contribution is 5.20. The van der Waals surface area contributed by atoms with Gasteiger partial charge >= 0.3 is 0 Å². The Morgan fingerprint density at radius 3 is 2.75 bits per heavy atom. The molecule has 1 aromatic rings. The molecule has 0 bridgehead atoms. The van der Waals surface area contributed by atoms with Crippen LogP contribution >= 0.6 is 0 Å². The summed E-state index contributed by atoms with van der Waals surface area (Å²) in [6.07, 6.45) is 0. The summed E-state index contributed by atoms with van der Waals surface area (Å²) < 4.78 is 12.7. The van der Waals surface area contributed by atoms with E-state index < -0.39 is 0 Å². The summed E-state index contributed by atoms with van der Waals surface area (Å²) in [5.41, 5.74) is 6.13. The monoisotopic (exact) mass is 169 g/mol. The zero-order valence-corrected chi connectivity index (χ0v) is 6.70. The first kappa shape index (κ1) is 9.16. The van der Waals surface area contributed by atoms with Gasteiger partial charge in [-0.2, -0.15) is 0 Å². The minimum Gasteiger partial charge on any atom is -0.396 e. The summed E-state index contributed by atoms with van der Waals surface area (Å²) in [5, 5.41) is 8.87. The fraction of sp³-hybridized carbons (Fsp3) is 0.333. The molecule has 0 saturated heterocycles. The van der Waals surface area contributed by atoms with Crippen molar-refractivity contribution >= 4 is 0 Å². The van der Waals surface area contributed by atoms with Crippen molar-refractivity contribution in [2.75, 3.05) is 13.2 Å². The Morgan fingerprint density at radius 1 is 1.50 bits per heavy atom. The maximum absolute atomic E-state index is 12.7. The molecule has 2 nitrogen and oxygen atoms in total. The van der Waals surface area contributed by atoms with Gasteiger partial charge < -0.3 is 10.8 Å². The van der Waals surface area contributed by atoms with E-state index in [9.17, 15) is 4.39 Å². The van der Waals surface area contributed by atoms with Gasteiger partial charge in [-0.25, -0.2) is 4.39 Å². The number of hydrogen-bond acceptors (Lipinski definition) is 2. The summed E-state index contributed by atoms with van der Waals surface area (Å²) in [6, 6.07) is 6.14. The molecule has 0 unspecified atom stereocenters. The van der Waals surface area contributed by atoms with Crippen molar-refractivity contribution in [1.29, 1.82) is 0 Å². The molecule has 1 aromatic carbocycles. The molecule has 0 aliphatic heterocycles. The Hall–Kier alpha value is -0.930. The van der Waals surface area contributed by atoms with Crippen LogP contribution in [0, 0.1) is 5.82 Å². The van der Waals surface area contributed by atoms with Crippen LogP contribution in [-0.4, -0.2) is 18.3 Å². The molecule has 3 N–H and O–H groups in total. The highest BCUT2D eigenvalue weighted by Crippen LogP contribution is 2.14. The van der Waals surface area contributed by atoms with Crippen LogP contribution in [0.3, 0.4) is 0 Å². The van der Waals surface area contributed by atoms with Gasteiger partial charge in [-0.15, -0.1) is 0 Å². The lowest BCUT2D eigenvalue weighted by atomic mass is 10.0. The SMILES string of the molecule is NC[C@@H](CO)c1cccc(F)c1. The fourth-order valence-electron chi connectivity index (χ4n) is 1.08. The zero-order chi connectivity index (χ0) is 8.97. The van der Waals surface area contributed by atoms with E-state index in [1.54, 1.807) is 12.1 Å². The van der Waals surface area contributed by atoms with Crippen LogP contribution in [0.15, 0.2) is 24.3 Å². The Labute approximate surface area is 70.8 Å². The second-order valence-corrected chi connectivity index (χ2v) is 2.67. The highest BCUT2D eigenvalue weighted by atomic mass is 19.1. The third-order valence-corrected chi connectivity index (χ3v) is 1.82. The number of rotatable bonds is 3. The first-order valence-corrected chi connectivity index (χ1v) is 3.84. The largest absolute Gasteiger partial charge is 0.396 e. The van der Waals surface area contributed by atoms with Crippen molar-refractivity contribution in [3.63, 3.8) is 0 Å². The van der Waals surface area contributed by atoms with Crippen LogP contribution in [-0.2, 0) is 0 Å². The number of nitrogens with two attached hydrogens (primary N) is 1. The molecule has 0 heterocycles. The lowest BCUT2D eigenvalue weighted by Crippen LogP contribution is -2.15. The fourth-order valence-corrected chi connectivity index (χ4v) is 1.08. The lowest BCUT2D eigenvalue weighted by Gasteiger charge is -2.10. The Morgan fingerprint density at radius 2 is 2.25 bits per heavy atom. The summed E-state index contributed by atoms with van der Waals surface area (Å²) in [5.74, 6) is -0.444. The average Bonchev–Trinajstić information content (AvgIpc) is 2.07. The molecular formula is C9H12FNO. The molecule has 0 radical (unpaired) electrons. The number of benzene rings is 1. The average molecular weight is 169 g/mol. The minimum atomic E-state index is -0.292. The second-order valence-electron chi connectivity index (χ2n) is 2.67. The van der Waals surface area contributed by atoms with Gasteiger partial charge in [0, 0.05) is 12.5 Å². The zero-order valence-electron chi connectivity index (χ0n) is 6.70. The lowest BCUT2D eigenvalue weighted by molar-refractivity contribution is 0.267. The highest BCUT2D eigenvalue weighted by Gasteiger charge is 2.07. The van der Waals surface area contributed by atoms with E-state index in [0.717, 1.165) is 5.56 Å². The number of halogens is 1. The van der Waals surface area contributed by atoms with E-state index >= 15 is 0 Å². The normalized spacial score (nSPS) is 12.9. The molecule has 0 aliphatic rings. The maximum atomic E-state index is 12.7. The van der Waals surface area contributed by atoms with Crippen molar-refractivity contribution in [1.82, 2.24) is 0 Å². The molecule has 66 valence electrons. The maximum Gasteiger partial charge on any atom is 0.123 e. The molecule has 0 fully saturated rings. The molecule has 1 rings (SSSR count). The molecule has 12 heavy (non-hydrogen) atoms. The van der Waals surface area contributed by atoms with Crippen molar-refractivity contribution in [2.45, 2.75) is 5.92 Å². The van der Waals surface area contributed by atoms with E-state index in [1.807, 2.05) is 0 Å². The predicted octanol–water partition coefficient (Wildman–Crippen LogP) is 0.860. The number of aliphatic hydroxyl groups excluding tert-OH is 1. The first-order valence-electron chi connectivity index (χ1n) is 3.84. The van der Waals surface area contributed by atoms with Gasteiger partial charge in [0.2, 0.25) is 0 Å². The van der Waals surface area contributed by atoms with Gasteiger partial charge in [0.25, 0.3) is 0 Å². The van der Waals surface area contributed by atoms with Gasteiger partial charge in [0.05, 0.1) is 6.61 Å². The van der Waals surface area contributed by atoms with Crippen molar-refractivity contribution in [3.8, 4) is 0 Å². The smallest absolute Gasteiger partial charge is 0.123 e. The van der Waals surface area contributed by atoms with Crippen LogP contribution in [0.2, 0.25) is 0 Å². The summed E-state index contributed by atoms with van der Waals surface area (Å²) in [7, 11) is 0. The minimum absolute atomic E-state index is 0.0417. The van der Waals surface area contributed by atoms with Gasteiger partial charge in [-0.3, -0.25) is 0 Å².